The van der Waals surface area contributed by atoms with E-state index in [4.69, 9.17) is 0 Å². The molecule has 1 aromatic heterocycles. The number of ketones is 1. The Morgan fingerprint density at radius 1 is 1.30 bits per heavy atom. The number of urea groups is 1. The standard InChI is InChI=1S/C26H31N3O3S/c1-15(2)19-11-18(9-8-17(19)4)28-26(32)27-12-24-20-13-29(25(31)21(20)14-33-24)22-7-5-6-16(3)10-23(22)30/h8-9,11,14-15,22H,3,5-7,10,12-13H2,1-2,4H3,(H2,27,28,32)/t22-/m0/s1. The lowest BCUT2D eigenvalue weighted by Gasteiger charge is -2.25. The Kier molecular flexibility index (Phi) is 6.70. The highest BCUT2D eigenvalue weighted by Crippen LogP contribution is 2.35. The molecule has 174 valence electrons. The third-order valence-electron chi connectivity index (χ3n) is 6.55. The largest absolute Gasteiger partial charge is 0.333 e. The van der Waals surface area contributed by atoms with Crippen LogP contribution in [0.1, 0.15) is 77.4 Å². The fourth-order valence-electron chi connectivity index (χ4n) is 4.74. The highest BCUT2D eigenvalue weighted by molar-refractivity contribution is 7.10. The van der Waals surface area contributed by atoms with Crippen LogP contribution >= 0.6 is 11.3 Å². The van der Waals surface area contributed by atoms with Gasteiger partial charge in [0.05, 0.1) is 18.2 Å². The van der Waals surface area contributed by atoms with Crippen molar-refractivity contribution in [2.45, 2.75) is 71.5 Å². The quantitative estimate of drug-likeness (QED) is 0.450. The van der Waals surface area contributed by atoms with E-state index in [-0.39, 0.29) is 23.8 Å². The Morgan fingerprint density at radius 2 is 2.09 bits per heavy atom. The van der Waals surface area contributed by atoms with E-state index < -0.39 is 0 Å². The van der Waals surface area contributed by atoms with Gasteiger partial charge in [-0.2, -0.15) is 0 Å². The van der Waals surface area contributed by atoms with Crippen molar-refractivity contribution in [3.8, 4) is 0 Å². The van der Waals surface area contributed by atoms with Crippen molar-refractivity contribution < 1.29 is 14.4 Å². The predicted octanol–water partition coefficient (Wildman–Crippen LogP) is 5.53. The molecule has 2 heterocycles. The van der Waals surface area contributed by atoms with Crippen molar-refractivity contribution in [3.05, 3.63) is 62.9 Å². The molecule has 0 saturated heterocycles. The number of carbonyl (C=O) groups excluding carboxylic acids is 3. The summed E-state index contributed by atoms with van der Waals surface area (Å²) < 4.78 is 0. The number of Topliss-reactive ketones (excluding diaryl/α,β-unsaturated/α-hetero) is 1. The van der Waals surface area contributed by atoms with Crippen LogP contribution in [-0.4, -0.2) is 28.7 Å². The summed E-state index contributed by atoms with van der Waals surface area (Å²) in [6, 6.07) is 5.27. The number of amides is 3. The van der Waals surface area contributed by atoms with Gasteiger partial charge in [-0.1, -0.05) is 32.1 Å². The molecule has 2 N–H and O–H groups in total. The van der Waals surface area contributed by atoms with Crippen LogP contribution in [0.3, 0.4) is 0 Å². The van der Waals surface area contributed by atoms with Crippen LogP contribution in [0.25, 0.3) is 0 Å². The number of aryl methyl sites for hydroxylation is 1. The predicted molar refractivity (Wildman–Crippen MR) is 132 cm³/mol. The van der Waals surface area contributed by atoms with Crippen LogP contribution in [0, 0.1) is 6.92 Å². The topological polar surface area (TPSA) is 78.5 Å². The first-order valence-electron chi connectivity index (χ1n) is 11.5. The van der Waals surface area contributed by atoms with Gasteiger partial charge in [0.2, 0.25) is 0 Å². The number of benzene rings is 1. The summed E-state index contributed by atoms with van der Waals surface area (Å²) in [5.74, 6) is 0.378. The monoisotopic (exact) mass is 465 g/mol. The lowest BCUT2D eigenvalue weighted by molar-refractivity contribution is -0.122. The highest BCUT2D eigenvalue weighted by Gasteiger charge is 2.38. The van der Waals surface area contributed by atoms with Gasteiger partial charge >= 0.3 is 6.03 Å². The number of fused-ring (bicyclic) bond motifs is 1. The average Bonchev–Trinajstić information content (AvgIpc) is 3.25. The summed E-state index contributed by atoms with van der Waals surface area (Å²) in [4.78, 5) is 40.8. The van der Waals surface area contributed by atoms with Gasteiger partial charge in [-0.05, 0) is 60.9 Å². The summed E-state index contributed by atoms with van der Waals surface area (Å²) in [7, 11) is 0. The first-order chi connectivity index (χ1) is 15.7. The second-order valence-corrected chi connectivity index (χ2v) is 10.3. The molecule has 4 rings (SSSR count). The number of hydrogen-bond donors (Lipinski definition) is 2. The van der Waals surface area contributed by atoms with E-state index in [2.05, 4.69) is 38.0 Å². The minimum absolute atomic E-state index is 0.0799. The van der Waals surface area contributed by atoms with Gasteiger partial charge in [-0.25, -0.2) is 4.79 Å². The second-order valence-electron chi connectivity index (χ2n) is 9.32. The van der Waals surface area contributed by atoms with Gasteiger partial charge in [-0.15, -0.1) is 11.3 Å². The number of allylic oxidation sites excluding steroid dienone is 1. The lowest BCUT2D eigenvalue weighted by atomic mass is 9.97. The van der Waals surface area contributed by atoms with Gasteiger partial charge in [-0.3, -0.25) is 9.59 Å². The van der Waals surface area contributed by atoms with Gasteiger partial charge in [0.15, 0.2) is 5.78 Å². The molecule has 0 unspecified atom stereocenters. The van der Waals surface area contributed by atoms with Gasteiger partial charge in [0.25, 0.3) is 5.91 Å². The van der Waals surface area contributed by atoms with Gasteiger partial charge < -0.3 is 15.5 Å². The summed E-state index contributed by atoms with van der Waals surface area (Å²) in [6.07, 6.45) is 2.75. The van der Waals surface area contributed by atoms with Gasteiger partial charge in [0, 0.05) is 28.9 Å². The molecule has 2 aromatic rings. The summed E-state index contributed by atoms with van der Waals surface area (Å²) in [6.45, 7) is 11.1. The summed E-state index contributed by atoms with van der Waals surface area (Å²) >= 11 is 1.48. The molecule has 1 fully saturated rings. The second kappa shape index (κ2) is 9.51. The Balaban J connectivity index is 1.40. The Labute approximate surface area is 199 Å². The normalized spacial score (nSPS) is 18.5. The number of nitrogens with one attached hydrogen (secondary N) is 2. The zero-order valence-electron chi connectivity index (χ0n) is 19.5. The zero-order chi connectivity index (χ0) is 23.7. The van der Waals surface area contributed by atoms with Crippen LogP contribution in [0.15, 0.2) is 35.7 Å². The van der Waals surface area contributed by atoms with Crippen molar-refractivity contribution in [1.29, 1.82) is 0 Å². The van der Waals surface area contributed by atoms with Crippen molar-refractivity contribution in [2.24, 2.45) is 0 Å². The van der Waals surface area contributed by atoms with Crippen LogP contribution < -0.4 is 10.6 Å². The highest BCUT2D eigenvalue weighted by atomic mass is 32.1. The first-order valence-corrected chi connectivity index (χ1v) is 12.4. The number of hydrogen-bond acceptors (Lipinski definition) is 4. The van der Waals surface area contributed by atoms with Crippen LogP contribution in [0.4, 0.5) is 10.5 Å². The zero-order valence-corrected chi connectivity index (χ0v) is 20.3. The third-order valence-corrected chi connectivity index (χ3v) is 7.58. The molecule has 1 saturated carbocycles. The summed E-state index contributed by atoms with van der Waals surface area (Å²) in [5, 5.41) is 7.67. The number of carbonyl (C=O) groups is 3. The van der Waals surface area contributed by atoms with Crippen molar-refractivity contribution in [1.82, 2.24) is 10.2 Å². The number of thiophene rings is 1. The molecule has 7 heteroatoms. The number of nitrogens with zero attached hydrogens (tertiary/aromatic N) is 1. The minimum atomic E-state index is -0.380. The van der Waals surface area contributed by atoms with E-state index in [0.717, 1.165) is 34.5 Å². The molecule has 2 aliphatic rings. The molecule has 1 aromatic carbocycles. The van der Waals surface area contributed by atoms with E-state index in [1.165, 1.54) is 22.5 Å². The molecule has 3 amide bonds. The molecule has 6 nitrogen and oxygen atoms in total. The molecule has 1 aliphatic carbocycles. The van der Waals surface area contributed by atoms with Crippen LogP contribution in [0.5, 0.6) is 0 Å². The maximum Gasteiger partial charge on any atom is 0.319 e. The Hall–Kier alpha value is -2.93. The maximum atomic E-state index is 13.0. The fourth-order valence-corrected chi connectivity index (χ4v) is 5.71. The molecule has 0 radical (unpaired) electrons. The minimum Gasteiger partial charge on any atom is -0.333 e. The smallest absolute Gasteiger partial charge is 0.319 e. The Bertz CT molecular complexity index is 1120. The summed E-state index contributed by atoms with van der Waals surface area (Å²) in [5.41, 5.74) is 5.71. The molecule has 0 bridgehead atoms. The van der Waals surface area contributed by atoms with E-state index in [1.54, 1.807) is 4.90 Å². The number of rotatable bonds is 5. The van der Waals surface area contributed by atoms with Crippen LogP contribution in [0.2, 0.25) is 0 Å². The average molecular weight is 466 g/mol. The lowest BCUT2D eigenvalue weighted by Crippen LogP contribution is -2.40. The van der Waals surface area contributed by atoms with E-state index in [0.29, 0.717) is 37.4 Å². The maximum absolute atomic E-state index is 13.0. The van der Waals surface area contributed by atoms with Gasteiger partial charge in [0.1, 0.15) is 0 Å². The molecule has 1 atom stereocenters. The SMILES string of the molecule is C=C1CCC[C@H](N2Cc3c(csc3CNC(=O)Nc3ccc(C)c(C(C)C)c3)C2=O)C(=O)C1. The van der Waals surface area contributed by atoms with E-state index >= 15 is 0 Å². The Morgan fingerprint density at radius 3 is 2.85 bits per heavy atom. The first kappa shape index (κ1) is 23.2. The number of anilines is 1. The molecule has 33 heavy (non-hydrogen) atoms. The third kappa shape index (κ3) is 4.88. The van der Waals surface area contributed by atoms with Crippen molar-refractivity contribution in [3.63, 3.8) is 0 Å². The van der Waals surface area contributed by atoms with Crippen LogP contribution in [-0.2, 0) is 17.9 Å². The van der Waals surface area contributed by atoms with E-state index in [9.17, 15) is 14.4 Å². The molecular weight excluding hydrogens is 434 g/mol. The fraction of sp³-hybridized carbons (Fsp3) is 0.423. The van der Waals surface area contributed by atoms with E-state index in [1.807, 2.05) is 23.6 Å². The molecular formula is C26H31N3O3S. The molecule has 0 spiro atoms. The van der Waals surface area contributed by atoms with Crippen molar-refractivity contribution >= 4 is 34.7 Å². The molecule has 1 aliphatic heterocycles. The van der Waals surface area contributed by atoms with Crippen molar-refractivity contribution in [2.75, 3.05) is 5.32 Å².